The number of nitrogens with two attached hydrogens (primary N) is 1. The fraction of sp³-hybridized carbons (Fsp3) is 0.600. The first-order chi connectivity index (χ1) is 9.89. The molecule has 0 saturated heterocycles. The Labute approximate surface area is 126 Å². The second kappa shape index (κ2) is 5.85. The Bertz CT molecular complexity index is 619. The lowest BCUT2D eigenvalue weighted by molar-refractivity contribution is 0.330. The minimum absolute atomic E-state index is 0.144. The summed E-state index contributed by atoms with van der Waals surface area (Å²) >= 11 is 0. The summed E-state index contributed by atoms with van der Waals surface area (Å²) in [5.74, 6) is 0.769. The smallest absolute Gasteiger partial charge is 0.179 e. The maximum absolute atomic E-state index is 11.9. The molecular formula is C15H23NO4S. The van der Waals surface area contributed by atoms with E-state index in [-0.39, 0.29) is 16.1 Å². The van der Waals surface area contributed by atoms with E-state index in [1.54, 1.807) is 6.07 Å². The second-order valence-electron chi connectivity index (χ2n) is 5.64. The third-order valence-corrected chi connectivity index (χ3v) is 5.53. The highest BCUT2D eigenvalue weighted by atomic mass is 32.2. The maximum atomic E-state index is 11.9. The van der Waals surface area contributed by atoms with Gasteiger partial charge in [0.05, 0.1) is 14.2 Å². The third-order valence-electron chi connectivity index (χ3n) is 4.41. The normalized spacial score (nSPS) is 17.7. The summed E-state index contributed by atoms with van der Waals surface area (Å²) in [7, 11) is -0.388. The number of benzene rings is 1. The van der Waals surface area contributed by atoms with Crippen molar-refractivity contribution in [3.63, 3.8) is 0 Å². The summed E-state index contributed by atoms with van der Waals surface area (Å²) in [5.41, 5.74) is 6.83. The van der Waals surface area contributed by atoms with Gasteiger partial charge in [0.1, 0.15) is 4.90 Å². The van der Waals surface area contributed by atoms with Crippen LogP contribution < -0.4 is 15.2 Å². The predicted octanol–water partition coefficient (Wildman–Crippen LogP) is 1.88. The van der Waals surface area contributed by atoms with Gasteiger partial charge in [-0.1, -0.05) is 18.9 Å². The lowest BCUT2D eigenvalue weighted by atomic mass is 9.78. The van der Waals surface area contributed by atoms with Crippen molar-refractivity contribution in [2.45, 2.75) is 36.0 Å². The average molecular weight is 313 g/mol. The van der Waals surface area contributed by atoms with Crippen LogP contribution in [0.15, 0.2) is 17.0 Å². The van der Waals surface area contributed by atoms with E-state index in [9.17, 15) is 8.42 Å². The zero-order valence-corrected chi connectivity index (χ0v) is 13.6. The Morgan fingerprint density at radius 2 is 1.71 bits per heavy atom. The van der Waals surface area contributed by atoms with Crippen molar-refractivity contribution in [2.75, 3.05) is 27.0 Å². The Hall–Kier alpha value is -1.27. The summed E-state index contributed by atoms with van der Waals surface area (Å²) in [5, 5.41) is 0. The molecule has 6 heteroatoms. The van der Waals surface area contributed by atoms with Gasteiger partial charge in [0, 0.05) is 23.8 Å². The average Bonchev–Trinajstić information content (AvgIpc) is 2.94. The van der Waals surface area contributed by atoms with Crippen LogP contribution in [-0.4, -0.2) is 35.4 Å². The molecule has 21 heavy (non-hydrogen) atoms. The molecule has 2 N–H and O–H groups in total. The molecular weight excluding hydrogens is 290 g/mol. The van der Waals surface area contributed by atoms with Gasteiger partial charge in [0.25, 0.3) is 0 Å². The molecule has 1 aromatic rings. The molecule has 0 atom stereocenters. The van der Waals surface area contributed by atoms with Crippen molar-refractivity contribution in [3.05, 3.63) is 17.7 Å². The van der Waals surface area contributed by atoms with Crippen molar-refractivity contribution in [1.29, 1.82) is 0 Å². The van der Waals surface area contributed by atoms with Gasteiger partial charge in [-0.2, -0.15) is 0 Å². The summed E-state index contributed by atoms with van der Waals surface area (Å²) < 4.78 is 34.6. The number of sulfone groups is 1. The third kappa shape index (κ3) is 2.74. The van der Waals surface area contributed by atoms with Crippen LogP contribution in [0.4, 0.5) is 0 Å². The Morgan fingerprint density at radius 1 is 1.14 bits per heavy atom. The zero-order chi connectivity index (χ0) is 15.7. The number of ether oxygens (including phenoxy) is 2. The van der Waals surface area contributed by atoms with Crippen LogP contribution in [0.25, 0.3) is 0 Å². The van der Waals surface area contributed by atoms with Gasteiger partial charge >= 0.3 is 0 Å². The van der Waals surface area contributed by atoms with E-state index in [2.05, 4.69) is 0 Å². The molecule has 0 radical (unpaired) electrons. The molecule has 0 amide bonds. The zero-order valence-electron chi connectivity index (χ0n) is 12.8. The Kier molecular flexibility index (Phi) is 4.49. The van der Waals surface area contributed by atoms with Crippen LogP contribution >= 0.6 is 0 Å². The first-order valence-corrected chi connectivity index (χ1v) is 8.94. The first kappa shape index (κ1) is 16.1. The molecule has 0 bridgehead atoms. The van der Waals surface area contributed by atoms with Crippen LogP contribution in [-0.2, 0) is 15.3 Å². The summed E-state index contributed by atoms with van der Waals surface area (Å²) in [6, 6.07) is 3.43. The lowest BCUT2D eigenvalue weighted by Gasteiger charge is -2.30. The van der Waals surface area contributed by atoms with E-state index < -0.39 is 9.84 Å². The molecule has 0 aromatic heterocycles. The van der Waals surface area contributed by atoms with Crippen molar-refractivity contribution in [3.8, 4) is 11.5 Å². The van der Waals surface area contributed by atoms with Crippen molar-refractivity contribution in [2.24, 2.45) is 5.73 Å². The molecule has 1 aliphatic carbocycles. The Balaban J connectivity index is 2.69. The quantitative estimate of drug-likeness (QED) is 0.898. The van der Waals surface area contributed by atoms with E-state index in [4.69, 9.17) is 15.2 Å². The molecule has 5 nitrogen and oxygen atoms in total. The highest BCUT2D eigenvalue weighted by Crippen LogP contribution is 2.48. The van der Waals surface area contributed by atoms with E-state index >= 15 is 0 Å². The van der Waals surface area contributed by atoms with Crippen LogP contribution in [0.3, 0.4) is 0 Å². The van der Waals surface area contributed by atoms with Gasteiger partial charge in [-0.15, -0.1) is 0 Å². The molecule has 1 fully saturated rings. The minimum atomic E-state index is -3.38. The van der Waals surface area contributed by atoms with E-state index in [0.717, 1.165) is 37.5 Å². The Morgan fingerprint density at radius 3 is 2.14 bits per heavy atom. The van der Waals surface area contributed by atoms with Gasteiger partial charge in [-0.25, -0.2) is 8.42 Å². The van der Waals surface area contributed by atoms with Crippen molar-refractivity contribution < 1.29 is 17.9 Å². The molecule has 118 valence electrons. The summed E-state index contributed by atoms with van der Waals surface area (Å²) in [6.07, 6.45) is 5.38. The second-order valence-corrected chi connectivity index (χ2v) is 7.63. The first-order valence-electron chi connectivity index (χ1n) is 7.05. The minimum Gasteiger partial charge on any atom is -0.493 e. The monoisotopic (exact) mass is 313 g/mol. The largest absolute Gasteiger partial charge is 0.493 e. The predicted molar refractivity (Wildman–Crippen MR) is 81.9 cm³/mol. The van der Waals surface area contributed by atoms with Gasteiger partial charge in [0.15, 0.2) is 21.3 Å². The number of methoxy groups -OCH3 is 2. The van der Waals surface area contributed by atoms with Gasteiger partial charge in [-0.3, -0.25) is 0 Å². The summed E-state index contributed by atoms with van der Waals surface area (Å²) in [4.78, 5) is 0.149. The fourth-order valence-electron chi connectivity index (χ4n) is 3.29. The van der Waals surface area contributed by atoms with Crippen LogP contribution in [0.2, 0.25) is 0 Å². The molecule has 0 spiro atoms. The standard InChI is InChI=1S/C15H23NO4S/c1-19-13-11(15(10-16)8-4-5-9-15)6-7-12(14(13)20-2)21(3,17)18/h6-7H,4-5,8-10,16H2,1-3H3. The van der Waals surface area contributed by atoms with Crippen molar-refractivity contribution >= 4 is 9.84 Å². The van der Waals surface area contributed by atoms with Gasteiger partial charge in [-0.05, 0) is 18.9 Å². The van der Waals surface area contributed by atoms with E-state index in [1.807, 2.05) is 6.07 Å². The fourth-order valence-corrected chi connectivity index (χ4v) is 4.11. The number of rotatable bonds is 5. The number of hydrogen-bond donors (Lipinski definition) is 1. The molecule has 2 rings (SSSR count). The highest BCUT2D eigenvalue weighted by Gasteiger charge is 2.38. The van der Waals surface area contributed by atoms with E-state index in [1.165, 1.54) is 14.2 Å². The number of hydrogen-bond acceptors (Lipinski definition) is 5. The van der Waals surface area contributed by atoms with Crippen LogP contribution in [0.5, 0.6) is 11.5 Å². The topological polar surface area (TPSA) is 78.6 Å². The SMILES string of the molecule is COc1c(C2(CN)CCCC2)ccc(S(C)(=O)=O)c1OC. The highest BCUT2D eigenvalue weighted by molar-refractivity contribution is 7.90. The molecule has 1 saturated carbocycles. The van der Waals surface area contributed by atoms with Crippen molar-refractivity contribution in [1.82, 2.24) is 0 Å². The van der Waals surface area contributed by atoms with E-state index in [0.29, 0.717) is 12.3 Å². The molecule has 0 heterocycles. The molecule has 1 aromatic carbocycles. The molecule has 0 unspecified atom stereocenters. The maximum Gasteiger partial charge on any atom is 0.179 e. The molecule has 0 aliphatic heterocycles. The van der Waals surface area contributed by atoms with Crippen LogP contribution in [0, 0.1) is 0 Å². The van der Waals surface area contributed by atoms with Gasteiger partial charge in [0.2, 0.25) is 0 Å². The van der Waals surface area contributed by atoms with Crippen LogP contribution in [0.1, 0.15) is 31.2 Å². The lowest BCUT2D eigenvalue weighted by Crippen LogP contribution is -2.32. The molecule has 1 aliphatic rings. The summed E-state index contributed by atoms with van der Waals surface area (Å²) in [6.45, 7) is 0.519. The van der Waals surface area contributed by atoms with Gasteiger partial charge < -0.3 is 15.2 Å².